The minimum absolute atomic E-state index is 0.0372. The van der Waals surface area contributed by atoms with Crippen molar-refractivity contribution < 1.29 is 9.21 Å². The monoisotopic (exact) mass is 327 g/mol. The number of fused-ring (bicyclic) bond motifs is 1. The van der Waals surface area contributed by atoms with Gasteiger partial charge in [-0.25, -0.2) is 9.97 Å². The number of rotatable bonds is 2. The number of carbonyl (C=O) groups excluding carboxylic acids is 1. The number of H-pyrrole nitrogens is 1. The Morgan fingerprint density at radius 2 is 2.21 bits per heavy atom. The molecule has 1 N–H and O–H groups in total. The zero-order chi connectivity index (χ0) is 16.5. The fourth-order valence-corrected chi connectivity index (χ4v) is 3.23. The molecule has 0 bridgehead atoms. The topological polar surface area (TPSA) is 96.5 Å². The van der Waals surface area contributed by atoms with Crippen molar-refractivity contribution in [3.05, 3.63) is 52.6 Å². The number of carbonyl (C=O) groups is 1. The van der Waals surface area contributed by atoms with Crippen LogP contribution in [-0.2, 0) is 0 Å². The van der Waals surface area contributed by atoms with Gasteiger partial charge >= 0.3 is 0 Å². The van der Waals surface area contributed by atoms with Crippen molar-refractivity contribution in [2.24, 2.45) is 0 Å². The molecule has 8 heteroatoms. The van der Waals surface area contributed by atoms with E-state index >= 15 is 0 Å². The molecule has 1 unspecified atom stereocenters. The lowest BCUT2D eigenvalue weighted by atomic mass is 10.1. The fraction of sp³-hybridized carbons (Fsp3) is 0.375. The van der Waals surface area contributed by atoms with Crippen LogP contribution in [0.4, 0.5) is 0 Å². The molecule has 0 saturated carbocycles. The maximum atomic E-state index is 13.0. The van der Waals surface area contributed by atoms with Crippen LogP contribution < -0.4 is 5.56 Å². The van der Waals surface area contributed by atoms with Crippen LogP contribution in [0.15, 0.2) is 40.1 Å². The minimum atomic E-state index is -0.440. The van der Waals surface area contributed by atoms with E-state index in [0.29, 0.717) is 6.54 Å². The molecule has 1 amide bonds. The number of hydrogen-bond acceptors (Lipinski definition) is 5. The summed E-state index contributed by atoms with van der Waals surface area (Å²) in [5, 5.41) is 2.68. The Balaban J connectivity index is 1.74. The number of aromatic amines is 1. The zero-order valence-corrected chi connectivity index (χ0v) is 13.0. The number of hydrogen-bond donors (Lipinski definition) is 1. The standard InChI is InChI=1S/C16H17N5O3/c22-14(11-9-17-16-18-10-19-21(16)15(11)23)20-7-3-1-2-5-12(20)13-6-4-8-24-13/h4,6,8-10,12H,1-3,5,7H2,(H,17,18,19). The third kappa shape index (κ3) is 2.40. The van der Waals surface area contributed by atoms with Crippen LogP contribution in [0.5, 0.6) is 0 Å². The zero-order valence-electron chi connectivity index (χ0n) is 13.0. The van der Waals surface area contributed by atoms with E-state index < -0.39 is 5.56 Å². The number of nitrogens with zero attached hydrogens (tertiary/aromatic N) is 4. The molecule has 0 radical (unpaired) electrons. The lowest BCUT2D eigenvalue weighted by Gasteiger charge is -2.28. The van der Waals surface area contributed by atoms with Crippen molar-refractivity contribution in [3.8, 4) is 0 Å². The summed E-state index contributed by atoms with van der Waals surface area (Å²) in [5.41, 5.74) is -0.403. The second kappa shape index (κ2) is 5.95. The van der Waals surface area contributed by atoms with Gasteiger partial charge < -0.3 is 9.32 Å². The average molecular weight is 327 g/mol. The Morgan fingerprint density at radius 1 is 1.29 bits per heavy atom. The van der Waals surface area contributed by atoms with Gasteiger partial charge in [0.1, 0.15) is 17.7 Å². The molecule has 1 saturated heterocycles. The van der Waals surface area contributed by atoms with Crippen LogP contribution in [0.1, 0.15) is 47.8 Å². The van der Waals surface area contributed by atoms with Crippen LogP contribution in [0.2, 0.25) is 0 Å². The molecule has 8 nitrogen and oxygen atoms in total. The third-order valence-corrected chi connectivity index (χ3v) is 4.43. The van der Waals surface area contributed by atoms with E-state index in [-0.39, 0.29) is 23.3 Å². The van der Waals surface area contributed by atoms with E-state index in [4.69, 9.17) is 4.42 Å². The average Bonchev–Trinajstić information content (AvgIpc) is 3.23. The highest BCUT2D eigenvalue weighted by molar-refractivity contribution is 5.94. The summed E-state index contributed by atoms with van der Waals surface area (Å²) in [6.07, 6.45) is 8.09. The largest absolute Gasteiger partial charge is 0.467 e. The Morgan fingerprint density at radius 3 is 3.04 bits per heavy atom. The maximum absolute atomic E-state index is 13.0. The molecule has 4 rings (SSSR count). The number of amides is 1. The highest BCUT2D eigenvalue weighted by Crippen LogP contribution is 2.31. The molecular weight excluding hydrogens is 310 g/mol. The van der Waals surface area contributed by atoms with Crippen LogP contribution in [-0.4, -0.2) is 36.9 Å². The minimum Gasteiger partial charge on any atom is -0.467 e. The number of aromatic nitrogens is 4. The molecule has 24 heavy (non-hydrogen) atoms. The number of nitrogens with one attached hydrogen (secondary N) is 1. The van der Waals surface area contributed by atoms with Crippen LogP contribution in [0, 0.1) is 0 Å². The summed E-state index contributed by atoms with van der Waals surface area (Å²) in [4.78, 5) is 35.3. The first-order chi connectivity index (χ1) is 11.8. The lowest BCUT2D eigenvalue weighted by molar-refractivity contribution is 0.0656. The van der Waals surface area contributed by atoms with E-state index in [0.717, 1.165) is 31.4 Å². The molecule has 3 aromatic heterocycles. The van der Waals surface area contributed by atoms with E-state index in [2.05, 4.69) is 15.1 Å². The summed E-state index contributed by atoms with van der Waals surface area (Å²) in [6.45, 7) is 0.593. The molecular formula is C16H17N5O3. The van der Waals surface area contributed by atoms with Crippen molar-refractivity contribution in [1.29, 1.82) is 0 Å². The molecule has 3 aromatic rings. The second-order valence-corrected chi connectivity index (χ2v) is 5.88. The van der Waals surface area contributed by atoms with Gasteiger partial charge in [-0.3, -0.25) is 14.7 Å². The van der Waals surface area contributed by atoms with Gasteiger partial charge in [0.2, 0.25) is 0 Å². The van der Waals surface area contributed by atoms with Crippen LogP contribution >= 0.6 is 0 Å². The first kappa shape index (κ1) is 14.7. The predicted molar refractivity (Wildman–Crippen MR) is 84.6 cm³/mol. The van der Waals surface area contributed by atoms with Crippen LogP contribution in [0.3, 0.4) is 0 Å². The summed E-state index contributed by atoms with van der Waals surface area (Å²) in [5.74, 6) is 0.677. The molecule has 124 valence electrons. The Kier molecular flexibility index (Phi) is 3.64. The van der Waals surface area contributed by atoms with Gasteiger partial charge in [-0.05, 0) is 25.0 Å². The number of likely N-dealkylation sites (tertiary alicyclic amines) is 1. The molecule has 1 fully saturated rings. The summed E-state index contributed by atoms with van der Waals surface area (Å²) < 4.78 is 6.70. The molecule has 4 heterocycles. The van der Waals surface area contributed by atoms with Gasteiger partial charge in [-0.15, -0.1) is 0 Å². The van der Waals surface area contributed by atoms with Crippen LogP contribution in [0.25, 0.3) is 5.78 Å². The Hall–Kier alpha value is -2.90. The van der Waals surface area contributed by atoms with Gasteiger partial charge in [0.25, 0.3) is 17.2 Å². The highest BCUT2D eigenvalue weighted by atomic mass is 16.3. The summed E-state index contributed by atoms with van der Waals surface area (Å²) >= 11 is 0. The van der Waals surface area contributed by atoms with Gasteiger partial charge in [0.15, 0.2) is 0 Å². The SMILES string of the molecule is O=C(c1cnc2nc[nH]n2c1=O)N1CCCCCC1c1ccco1. The Bertz CT molecular complexity index is 911. The maximum Gasteiger partial charge on any atom is 0.286 e. The second-order valence-electron chi connectivity index (χ2n) is 5.88. The van der Waals surface area contributed by atoms with Crippen molar-refractivity contribution in [1.82, 2.24) is 24.5 Å². The van der Waals surface area contributed by atoms with Crippen molar-refractivity contribution in [3.63, 3.8) is 0 Å². The highest BCUT2D eigenvalue weighted by Gasteiger charge is 2.31. The lowest BCUT2D eigenvalue weighted by Crippen LogP contribution is -2.38. The first-order valence-corrected chi connectivity index (χ1v) is 8.01. The van der Waals surface area contributed by atoms with Gasteiger partial charge in [0, 0.05) is 12.7 Å². The fourth-order valence-electron chi connectivity index (χ4n) is 3.23. The molecule has 0 aliphatic carbocycles. The Labute approximate surface area is 137 Å². The van der Waals surface area contributed by atoms with E-state index in [1.807, 2.05) is 12.1 Å². The van der Waals surface area contributed by atoms with Crippen molar-refractivity contribution >= 4 is 11.7 Å². The van der Waals surface area contributed by atoms with Crippen molar-refractivity contribution in [2.75, 3.05) is 6.54 Å². The van der Waals surface area contributed by atoms with E-state index in [1.165, 1.54) is 17.0 Å². The predicted octanol–water partition coefficient (Wildman–Crippen LogP) is 1.77. The third-order valence-electron chi connectivity index (χ3n) is 4.43. The molecule has 0 aromatic carbocycles. The summed E-state index contributed by atoms with van der Waals surface area (Å²) in [6, 6.07) is 3.53. The van der Waals surface area contributed by atoms with Crippen molar-refractivity contribution in [2.45, 2.75) is 31.7 Å². The molecule has 1 aliphatic heterocycles. The van der Waals surface area contributed by atoms with E-state index in [9.17, 15) is 9.59 Å². The number of furan rings is 1. The first-order valence-electron chi connectivity index (χ1n) is 8.01. The van der Waals surface area contributed by atoms with E-state index in [1.54, 1.807) is 11.2 Å². The molecule has 1 atom stereocenters. The molecule has 1 aliphatic rings. The molecule has 0 spiro atoms. The quantitative estimate of drug-likeness (QED) is 0.774. The summed E-state index contributed by atoms with van der Waals surface area (Å²) in [7, 11) is 0. The smallest absolute Gasteiger partial charge is 0.286 e. The van der Waals surface area contributed by atoms with Gasteiger partial charge in [-0.1, -0.05) is 12.8 Å². The van der Waals surface area contributed by atoms with Gasteiger partial charge in [0.05, 0.1) is 12.3 Å². The van der Waals surface area contributed by atoms with Gasteiger partial charge in [-0.2, -0.15) is 4.52 Å². The normalized spacial score (nSPS) is 18.7.